The molecule has 1 aliphatic carbocycles. The Balaban J connectivity index is 1.33. The minimum atomic E-state index is -0.0600. The van der Waals surface area contributed by atoms with E-state index in [2.05, 4.69) is 39.8 Å². The number of aromatic nitrogens is 2. The van der Waals surface area contributed by atoms with Crippen LogP contribution in [-0.2, 0) is 9.53 Å². The molecule has 0 amide bonds. The van der Waals surface area contributed by atoms with E-state index in [1.807, 2.05) is 43.3 Å². The summed E-state index contributed by atoms with van der Waals surface area (Å²) in [5, 5.41) is 12.6. The van der Waals surface area contributed by atoms with Crippen LogP contribution < -0.4 is 5.32 Å². The van der Waals surface area contributed by atoms with Gasteiger partial charge in [-0.1, -0.05) is 41.9 Å². The Kier molecular flexibility index (Phi) is 7.38. The van der Waals surface area contributed by atoms with Crippen molar-refractivity contribution in [2.45, 2.75) is 44.9 Å². The zero-order chi connectivity index (χ0) is 22.3. The molecule has 0 spiro atoms. The second-order valence-electron chi connectivity index (χ2n) is 8.29. The second-order valence-corrected chi connectivity index (χ2v) is 8.72. The van der Waals surface area contributed by atoms with Crippen LogP contribution in [0.4, 0.5) is 11.5 Å². The number of benzene rings is 2. The van der Waals surface area contributed by atoms with E-state index in [0.29, 0.717) is 35.7 Å². The predicted octanol–water partition coefficient (Wildman–Crippen LogP) is 6.77. The maximum Gasteiger partial charge on any atom is 0.306 e. The molecule has 1 fully saturated rings. The molecule has 0 aliphatic heterocycles. The molecule has 166 valence electrons. The zero-order valence-electron chi connectivity index (χ0n) is 18.3. The third-order valence-corrected chi connectivity index (χ3v) is 6.28. The smallest absolute Gasteiger partial charge is 0.306 e. The lowest BCUT2D eigenvalue weighted by molar-refractivity contribution is -0.144. The van der Waals surface area contributed by atoms with Gasteiger partial charge in [-0.3, -0.25) is 4.79 Å². The first-order valence-electron chi connectivity index (χ1n) is 11.2. The Bertz CT molecular complexity index is 1030. The maximum atomic E-state index is 11.7. The number of halogens is 1. The van der Waals surface area contributed by atoms with Crippen LogP contribution in [0.3, 0.4) is 0 Å². The fourth-order valence-electron chi connectivity index (χ4n) is 4.35. The monoisotopic (exact) mass is 449 g/mol. The third kappa shape index (κ3) is 5.86. The Morgan fingerprint density at radius 3 is 2.47 bits per heavy atom. The minimum Gasteiger partial charge on any atom is -0.466 e. The van der Waals surface area contributed by atoms with Crippen molar-refractivity contribution in [1.29, 1.82) is 0 Å². The second kappa shape index (κ2) is 10.6. The number of ether oxygens (including phenoxy) is 1. The van der Waals surface area contributed by atoms with E-state index in [1.165, 1.54) is 5.56 Å². The summed E-state index contributed by atoms with van der Waals surface area (Å²) in [6.07, 6.45) is 4.95. The number of esters is 1. The molecule has 1 aliphatic rings. The van der Waals surface area contributed by atoms with Crippen molar-refractivity contribution in [3.8, 4) is 11.3 Å². The SMILES string of the molecule is CCOC(=O)CC1CCC(c2ccc(-c3ccc(Nc4cccc(Cl)c4)nn3)cc2)CC1. The van der Waals surface area contributed by atoms with Gasteiger partial charge in [0, 0.05) is 22.7 Å². The van der Waals surface area contributed by atoms with Gasteiger partial charge in [0.05, 0.1) is 12.3 Å². The van der Waals surface area contributed by atoms with Gasteiger partial charge in [-0.05, 0) is 80.3 Å². The molecule has 5 nitrogen and oxygen atoms in total. The fourth-order valence-corrected chi connectivity index (χ4v) is 4.54. The normalized spacial score (nSPS) is 18.2. The number of hydrogen-bond donors (Lipinski definition) is 1. The van der Waals surface area contributed by atoms with E-state index in [9.17, 15) is 4.79 Å². The quantitative estimate of drug-likeness (QED) is 0.403. The van der Waals surface area contributed by atoms with Gasteiger partial charge in [-0.15, -0.1) is 10.2 Å². The van der Waals surface area contributed by atoms with Crippen molar-refractivity contribution >= 4 is 29.1 Å². The summed E-state index contributed by atoms with van der Waals surface area (Å²) in [6.45, 7) is 2.32. The van der Waals surface area contributed by atoms with Crippen LogP contribution >= 0.6 is 11.6 Å². The van der Waals surface area contributed by atoms with Crippen molar-refractivity contribution in [1.82, 2.24) is 10.2 Å². The lowest BCUT2D eigenvalue weighted by Gasteiger charge is -2.28. The van der Waals surface area contributed by atoms with Crippen LogP contribution in [0.25, 0.3) is 11.3 Å². The van der Waals surface area contributed by atoms with Crippen molar-refractivity contribution in [3.05, 3.63) is 71.2 Å². The summed E-state index contributed by atoms with van der Waals surface area (Å²) in [4.78, 5) is 11.7. The highest BCUT2D eigenvalue weighted by molar-refractivity contribution is 6.30. The number of hydrogen-bond acceptors (Lipinski definition) is 5. The van der Waals surface area contributed by atoms with E-state index < -0.39 is 0 Å². The lowest BCUT2D eigenvalue weighted by atomic mass is 9.77. The van der Waals surface area contributed by atoms with E-state index >= 15 is 0 Å². The van der Waals surface area contributed by atoms with Crippen LogP contribution in [0, 0.1) is 5.92 Å². The highest BCUT2D eigenvalue weighted by atomic mass is 35.5. The first-order chi connectivity index (χ1) is 15.6. The van der Waals surface area contributed by atoms with Gasteiger partial charge in [-0.25, -0.2) is 0 Å². The Hall–Kier alpha value is -2.92. The van der Waals surface area contributed by atoms with Gasteiger partial charge in [-0.2, -0.15) is 0 Å². The summed E-state index contributed by atoms with van der Waals surface area (Å²) >= 11 is 6.03. The van der Waals surface area contributed by atoms with Crippen LogP contribution in [-0.4, -0.2) is 22.8 Å². The van der Waals surface area contributed by atoms with Crippen molar-refractivity contribution in [2.24, 2.45) is 5.92 Å². The lowest BCUT2D eigenvalue weighted by Crippen LogP contribution is -2.17. The summed E-state index contributed by atoms with van der Waals surface area (Å²) in [6, 6.07) is 20.0. The molecular formula is C26H28ClN3O2. The standard InChI is InChI=1S/C26H28ClN3O2/c1-2-32-26(31)16-18-6-8-19(9-7-18)20-10-12-21(13-11-20)24-14-15-25(30-29-24)28-23-5-3-4-22(27)17-23/h3-5,10-15,17-19H,2,6-9,16H2,1H3,(H,28,30). The summed E-state index contributed by atoms with van der Waals surface area (Å²) in [5.41, 5.74) is 4.12. The van der Waals surface area contributed by atoms with Crippen molar-refractivity contribution in [2.75, 3.05) is 11.9 Å². The highest BCUT2D eigenvalue weighted by Gasteiger charge is 2.24. The molecular weight excluding hydrogens is 422 g/mol. The molecule has 6 heteroatoms. The van der Waals surface area contributed by atoms with Crippen LogP contribution in [0.5, 0.6) is 0 Å². The molecule has 3 aromatic rings. The van der Waals surface area contributed by atoms with E-state index in [1.54, 1.807) is 0 Å². The molecule has 32 heavy (non-hydrogen) atoms. The van der Waals surface area contributed by atoms with Crippen molar-refractivity contribution in [3.63, 3.8) is 0 Å². The molecule has 1 aromatic heterocycles. The average molecular weight is 450 g/mol. The minimum absolute atomic E-state index is 0.0600. The number of rotatable bonds is 7. The van der Waals surface area contributed by atoms with Crippen molar-refractivity contribution < 1.29 is 9.53 Å². The van der Waals surface area contributed by atoms with Gasteiger partial charge >= 0.3 is 5.97 Å². The topological polar surface area (TPSA) is 64.1 Å². The molecule has 0 atom stereocenters. The number of carbonyl (C=O) groups is 1. The first-order valence-corrected chi connectivity index (χ1v) is 11.6. The molecule has 4 rings (SSSR count). The molecule has 0 radical (unpaired) electrons. The average Bonchev–Trinajstić information content (AvgIpc) is 2.80. The van der Waals surface area contributed by atoms with E-state index in [4.69, 9.17) is 16.3 Å². The fraction of sp³-hybridized carbons (Fsp3) is 0.346. The molecule has 1 heterocycles. The zero-order valence-corrected chi connectivity index (χ0v) is 19.0. The Morgan fingerprint density at radius 2 is 1.81 bits per heavy atom. The number of nitrogens with zero attached hydrogens (tertiary/aromatic N) is 2. The van der Waals surface area contributed by atoms with Crippen LogP contribution in [0.1, 0.15) is 50.5 Å². The first kappa shape index (κ1) is 22.3. The van der Waals surface area contributed by atoms with Crippen LogP contribution in [0.15, 0.2) is 60.7 Å². The Morgan fingerprint density at radius 1 is 1.03 bits per heavy atom. The van der Waals surface area contributed by atoms with Gasteiger partial charge in [0.25, 0.3) is 0 Å². The van der Waals surface area contributed by atoms with Gasteiger partial charge in [0.2, 0.25) is 0 Å². The number of carbonyl (C=O) groups excluding carboxylic acids is 1. The summed E-state index contributed by atoms with van der Waals surface area (Å²) < 4.78 is 5.09. The van der Waals surface area contributed by atoms with Gasteiger partial charge in [0.1, 0.15) is 0 Å². The molecule has 0 unspecified atom stereocenters. The molecule has 1 N–H and O–H groups in total. The summed E-state index contributed by atoms with van der Waals surface area (Å²) in [5.74, 6) is 1.62. The maximum absolute atomic E-state index is 11.7. The number of anilines is 2. The molecule has 2 aromatic carbocycles. The van der Waals surface area contributed by atoms with E-state index in [-0.39, 0.29) is 5.97 Å². The molecule has 0 saturated heterocycles. The van der Waals surface area contributed by atoms with Gasteiger partial charge < -0.3 is 10.1 Å². The van der Waals surface area contributed by atoms with Crippen LogP contribution in [0.2, 0.25) is 5.02 Å². The number of nitrogens with one attached hydrogen (secondary N) is 1. The predicted molar refractivity (Wildman–Crippen MR) is 128 cm³/mol. The Labute approximate surface area is 194 Å². The van der Waals surface area contributed by atoms with E-state index in [0.717, 1.165) is 42.6 Å². The molecule has 0 bridgehead atoms. The molecule has 1 saturated carbocycles. The largest absolute Gasteiger partial charge is 0.466 e. The third-order valence-electron chi connectivity index (χ3n) is 6.05. The summed E-state index contributed by atoms with van der Waals surface area (Å²) in [7, 11) is 0. The highest BCUT2D eigenvalue weighted by Crippen LogP contribution is 2.37. The van der Waals surface area contributed by atoms with Gasteiger partial charge in [0.15, 0.2) is 5.82 Å².